The molecule has 1 unspecified atom stereocenters. The van der Waals surface area contributed by atoms with E-state index in [2.05, 4.69) is 24.3 Å². The second-order valence-corrected chi connectivity index (χ2v) is 4.02. The molecule has 0 fully saturated rings. The second kappa shape index (κ2) is 5.17. The van der Waals surface area contributed by atoms with Gasteiger partial charge in [0.15, 0.2) is 0 Å². The maximum absolute atomic E-state index is 7.35. The van der Waals surface area contributed by atoms with E-state index < -0.39 is 0 Å². The number of hydrogen-bond donors (Lipinski definition) is 2. The third-order valence-electron chi connectivity index (χ3n) is 2.96. The molecule has 0 aliphatic heterocycles. The van der Waals surface area contributed by atoms with Crippen molar-refractivity contribution in [1.82, 2.24) is 0 Å². The summed E-state index contributed by atoms with van der Waals surface area (Å²) in [5.74, 6) is 0.796. The van der Waals surface area contributed by atoms with Crippen LogP contribution in [0.15, 0.2) is 24.3 Å². The first-order valence-corrected chi connectivity index (χ1v) is 5.18. The van der Waals surface area contributed by atoms with E-state index in [-0.39, 0.29) is 12.4 Å². The zero-order chi connectivity index (χ0) is 9.97. The van der Waals surface area contributed by atoms with E-state index in [0.717, 1.165) is 6.42 Å². The fraction of sp³-hybridized carbons (Fsp3) is 0.417. The molecule has 82 valence electrons. The molecule has 1 aliphatic carbocycles. The average Bonchev–Trinajstić information content (AvgIpc) is 2.18. The maximum atomic E-state index is 7.35. The monoisotopic (exact) mass is 224 g/mol. The molecule has 1 aromatic rings. The van der Waals surface area contributed by atoms with Crippen LogP contribution < -0.4 is 5.73 Å². The highest BCUT2D eigenvalue weighted by atomic mass is 35.5. The molecule has 15 heavy (non-hydrogen) atoms. The Kier molecular flexibility index (Phi) is 4.15. The molecule has 0 radical (unpaired) electrons. The van der Waals surface area contributed by atoms with Crippen LogP contribution in [0.1, 0.15) is 36.3 Å². The summed E-state index contributed by atoms with van der Waals surface area (Å²) in [6.07, 6.45) is 4.31. The molecule has 0 heterocycles. The zero-order valence-corrected chi connectivity index (χ0v) is 9.52. The van der Waals surface area contributed by atoms with Crippen LogP contribution in [-0.2, 0) is 6.42 Å². The fourth-order valence-corrected chi connectivity index (χ4v) is 2.33. The zero-order valence-electron chi connectivity index (χ0n) is 8.70. The van der Waals surface area contributed by atoms with Crippen molar-refractivity contribution in [2.24, 2.45) is 5.73 Å². The Morgan fingerprint density at radius 3 is 2.87 bits per heavy atom. The summed E-state index contributed by atoms with van der Waals surface area (Å²) in [5.41, 5.74) is 8.32. The summed E-state index contributed by atoms with van der Waals surface area (Å²) in [6.45, 7) is 0. The first kappa shape index (κ1) is 12.1. The lowest BCUT2D eigenvalue weighted by atomic mass is 9.81. The van der Waals surface area contributed by atoms with Gasteiger partial charge < -0.3 is 5.73 Å². The molecule has 0 saturated carbocycles. The number of amidine groups is 1. The van der Waals surface area contributed by atoms with Gasteiger partial charge in [0, 0.05) is 6.42 Å². The van der Waals surface area contributed by atoms with Gasteiger partial charge in [0.05, 0.1) is 5.84 Å². The second-order valence-electron chi connectivity index (χ2n) is 4.02. The van der Waals surface area contributed by atoms with Crippen molar-refractivity contribution in [1.29, 1.82) is 5.41 Å². The van der Waals surface area contributed by atoms with Gasteiger partial charge in [-0.2, -0.15) is 0 Å². The van der Waals surface area contributed by atoms with E-state index in [1.54, 1.807) is 0 Å². The van der Waals surface area contributed by atoms with Gasteiger partial charge in [-0.1, -0.05) is 24.3 Å². The van der Waals surface area contributed by atoms with Gasteiger partial charge >= 0.3 is 0 Å². The normalized spacial score (nSPS) is 18.8. The van der Waals surface area contributed by atoms with E-state index in [1.165, 1.54) is 30.4 Å². The summed E-state index contributed by atoms with van der Waals surface area (Å²) in [4.78, 5) is 0. The van der Waals surface area contributed by atoms with Crippen LogP contribution in [0.3, 0.4) is 0 Å². The Labute approximate surface area is 96.8 Å². The maximum Gasteiger partial charge on any atom is 0.0911 e. The van der Waals surface area contributed by atoms with Crippen LogP contribution >= 0.6 is 12.4 Å². The summed E-state index contributed by atoms with van der Waals surface area (Å²) < 4.78 is 0. The van der Waals surface area contributed by atoms with Crippen molar-refractivity contribution in [2.75, 3.05) is 0 Å². The summed E-state index contributed by atoms with van der Waals surface area (Å²) in [7, 11) is 0. The molecule has 0 spiro atoms. The molecule has 3 heteroatoms. The molecule has 1 aromatic carbocycles. The SMILES string of the molecule is Cl.N=C(N)CC1CCCc2ccccc21. The number of halogens is 1. The van der Waals surface area contributed by atoms with Crippen LogP contribution in [0.25, 0.3) is 0 Å². The Morgan fingerprint density at radius 2 is 2.13 bits per heavy atom. The number of rotatable bonds is 2. The quantitative estimate of drug-likeness (QED) is 0.589. The molecule has 0 bridgehead atoms. The number of hydrogen-bond acceptors (Lipinski definition) is 1. The number of benzene rings is 1. The molecule has 1 atom stereocenters. The topological polar surface area (TPSA) is 49.9 Å². The molecule has 0 saturated heterocycles. The van der Waals surface area contributed by atoms with Crippen molar-refractivity contribution in [2.45, 2.75) is 31.6 Å². The molecule has 0 amide bonds. The third-order valence-corrected chi connectivity index (χ3v) is 2.96. The van der Waals surface area contributed by atoms with Gasteiger partial charge in [-0.3, -0.25) is 5.41 Å². The molecule has 2 rings (SSSR count). The lowest BCUT2D eigenvalue weighted by Gasteiger charge is -2.24. The van der Waals surface area contributed by atoms with E-state index in [1.807, 2.05) is 0 Å². The summed E-state index contributed by atoms with van der Waals surface area (Å²) in [5, 5.41) is 7.35. The van der Waals surface area contributed by atoms with Gasteiger partial charge in [0.25, 0.3) is 0 Å². The predicted molar refractivity (Wildman–Crippen MR) is 65.9 cm³/mol. The third kappa shape index (κ3) is 2.72. The summed E-state index contributed by atoms with van der Waals surface area (Å²) >= 11 is 0. The molecule has 1 aliphatic rings. The first-order chi connectivity index (χ1) is 6.77. The molecular formula is C12H17ClN2. The number of nitrogens with one attached hydrogen (secondary N) is 1. The lowest BCUT2D eigenvalue weighted by Crippen LogP contribution is -2.18. The number of aryl methyl sites for hydroxylation is 1. The Bertz CT molecular complexity index is 349. The standard InChI is InChI=1S/C12H16N2.ClH/c13-12(14)8-10-6-3-5-9-4-1-2-7-11(9)10;/h1-2,4,7,10H,3,5-6,8H2,(H3,13,14);1H. The molecule has 3 N–H and O–H groups in total. The van der Waals surface area contributed by atoms with E-state index in [9.17, 15) is 0 Å². The minimum absolute atomic E-state index is 0. The molecular weight excluding hydrogens is 208 g/mol. The van der Waals surface area contributed by atoms with Gasteiger partial charge in [0.1, 0.15) is 0 Å². The van der Waals surface area contributed by atoms with Gasteiger partial charge in [-0.25, -0.2) is 0 Å². The molecule has 2 nitrogen and oxygen atoms in total. The minimum atomic E-state index is 0. The van der Waals surface area contributed by atoms with Crippen LogP contribution in [0.5, 0.6) is 0 Å². The van der Waals surface area contributed by atoms with Crippen LogP contribution in [0.2, 0.25) is 0 Å². The molecule has 0 aromatic heterocycles. The number of fused-ring (bicyclic) bond motifs is 1. The summed E-state index contributed by atoms with van der Waals surface area (Å²) in [6, 6.07) is 8.55. The average molecular weight is 225 g/mol. The Morgan fingerprint density at radius 1 is 1.40 bits per heavy atom. The van der Waals surface area contributed by atoms with Crippen LogP contribution in [-0.4, -0.2) is 5.84 Å². The van der Waals surface area contributed by atoms with Crippen LogP contribution in [0, 0.1) is 5.41 Å². The van der Waals surface area contributed by atoms with Crippen molar-refractivity contribution in [3.8, 4) is 0 Å². The predicted octanol–water partition coefficient (Wildman–Crippen LogP) is 2.85. The van der Waals surface area contributed by atoms with E-state index in [0.29, 0.717) is 11.8 Å². The Hall–Kier alpha value is -1.02. The van der Waals surface area contributed by atoms with Gasteiger partial charge in [-0.05, 0) is 36.3 Å². The largest absolute Gasteiger partial charge is 0.388 e. The number of nitrogens with two attached hydrogens (primary N) is 1. The Balaban J connectivity index is 0.00000112. The van der Waals surface area contributed by atoms with E-state index in [4.69, 9.17) is 11.1 Å². The van der Waals surface area contributed by atoms with Gasteiger partial charge in [0.2, 0.25) is 0 Å². The van der Waals surface area contributed by atoms with Crippen molar-refractivity contribution in [3.05, 3.63) is 35.4 Å². The van der Waals surface area contributed by atoms with Crippen molar-refractivity contribution < 1.29 is 0 Å². The van der Waals surface area contributed by atoms with Gasteiger partial charge in [-0.15, -0.1) is 12.4 Å². The smallest absolute Gasteiger partial charge is 0.0911 e. The fourth-order valence-electron chi connectivity index (χ4n) is 2.33. The van der Waals surface area contributed by atoms with Crippen molar-refractivity contribution >= 4 is 18.2 Å². The van der Waals surface area contributed by atoms with E-state index >= 15 is 0 Å². The highest BCUT2D eigenvalue weighted by molar-refractivity contribution is 5.85. The van der Waals surface area contributed by atoms with Crippen LogP contribution in [0.4, 0.5) is 0 Å². The first-order valence-electron chi connectivity index (χ1n) is 5.18. The highest BCUT2D eigenvalue weighted by Gasteiger charge is 2.19. The van der Waals surface area contributed by atoms with Crippen molar-refractivity contribution in [3.63, 3.8) is 0 Å². The lowest BCUT2D eigenvalue weighted by molar-refractivity contribution is 0.565. The highest BCUT2D eigenvalue weighted by Crippen LogP contribution is 2.33. The minimum Gasteiger partial charge on any atom is -0.388 e.